The number of hydrogen-bond acceptors (Lipinski definition) is 6. The van der Waals surface area contributed by atoms with Gasteiger partial charge in [0, 0.05) is 34.4 Å². The lowest BCUT2D eigenvalue weighted by atomic mass is 9.86. The van der Waals surface area contributed by atoms with Crippen molar-refractivity contribution in [2.45, 2.75) is 75.7 Å². The lowest BCUT2D eigenvalue weighted by Gasteiger charge is -2.39. The molecule has 5 N–H and O–H groups in total. The molecule has 3 amide bonds. The van der Waals surface area contributed by atoms with E-state index in [2.05, 4.69) is 20.9 Å². The number of Topliss-reactive ketones (excluding diaryl/α,β-unsaturated/α-hetero) is 1. The zero-order valence-corrected chi connectivity index (χ0v) is 23.5. The fourth-order valence-electron chi connectivity index (χ4n) is 6.11. The largest absolute Gasteiger partial charge is 0.378 e. The molecule has 2 aliphatic carbocycles. The van der Waals surface area contributed by atoms with Crippen LogP contribution in [0.25, 0.3) is 10.9 Å². The SMILES string of the molecule is O=C(NC1CC1)C(=O)[C@H](C[C@@H]1CCNC1O)NC(=O)[C@@H]1CC2(CCN1C(=O)c1cc3c(Cl)cc(Cl)cc3[nH]1)CC2. The normalized spacial score (nSPS) is 26.1. The molecule has 2 aromatic rings. The van der Waals surface area contributed by atoms with Crippen molar-refractivity contribution in [2.75, 3.05) is 13.1 Å². The van der Waals surface area contributed by atoms with Crippen LogP contribution in [0.3, 0.4) is 0 Å². The smallest absolute Gasteiger partial charge is 0.289 e. The van der Waals surface area contributed by atoms with Crippen LogP contribution in [0.5, 0.6) is 0 Å². The van der Waals surface area contributed by atoms with E-state index in [-0.39, 0.29) is 29.7 Å². The van der Waals surface area contributed by atoms with Crippen LogP contribution in [0, 0.1) is 11.3 Å². The third kappa shape index (κ3) is 5.59. The molecule has 6 rings (SSSR count). The second-order valence-electron chi connectivity index (χ2n) is 11.9. The van der Waals surface area contributed by atoms with E-state index < -0.39 is 35.9 Å². The summed E-state index contributed by atoms with van der Waals surface area (Å²) in [6, 6.07) is 3.04. The van der Waals surface area contributed by atoms with Crippen molar-refractivity contribution < 1.29 is 24.3 Å². The lowest BCUT2D eigenvalue weighted by Crippen LogP contribution is -2.58. The molecule has 214 valence electrons. The highest BCUT2D eigenvalue weighted by Gasteiger charge is 2.51. The van der Waals surface area contributed by atoms with Gasteiger partial charge >= 0.3 is 0 Å². The Labute approximate surface area is 241 Å². The van der Waals surface area contributed by atoms with Crippen LogP contribution >= 0.6 is 23.2 Å². The fourth-order valence-corrected chi connectivity index (χ4v) is 6.65. The highest BCUT2D eigenvalue weighted by molar-refractivity contribution is 6.39. The van der Waals surface area contributed by atoms with Gasteiger partial charge in [-0.3, -0.25) is 24.5 Å². The third-order valence-electron chi connectivity index (χ3n) is 8.91. The van der Waals surface area contributed by atoms with E-state index in [1.54, 1.807) is 23.1 Å². The fraction of sp³-hybridized carbons (Fsp3) is 0.571. The number of benzene rings is 1. The number of nitrogens with one attached hydrogen (secondary N) is 4. The van der Waals surface area contributed by atoms with Gasteiger partial charge < -0.3 is 25.6 Å². The maximum Gasteiger partial charge on any atom is 0.289 e. The van der Waals surface area contributed by atoms with E-state index in [0.717, 1.165) is 32.1 Å². The summed E-state index contributed by atoms with van der Waals surface area (Å²) in [5.74, 6) is -2.54. The van der Waals surface area contributed by atoms with Crippen molar-refractivity contribution in [1.82, 2.24) is 25.8 Å². The first kappa shape index (κ1) is 27.5. The molecule has 2 saturated carbocycles. The second kappa shape index (κ2) is 10.6. The Morgan fingerprint density at radius 3 is 2.55 bits per heavy atom. The molecule has 4 atom stereocenters. The summed E-state index contributed by atoms with van der Waals surface area (Å²) in [6.07, 6.45) is 4.85. The number of aromatic nitrogens is 1. The summed E-state index contributed by atoms with van der Waals surface area (Å²) >= 11 is 12.5. The maximum atomic E-state index is 13.8. The van der Waals surface area contributed by atoms with E-state index in [1.165, 1.54) is 0 Å². The second-order valence-corrected chi connectivity index (χ2v) is 12.7. The van der Waals surface area contributed by atoms with Crippen LogP contribution < -0.4 is 16.0 Å². The number of likely N-dealkylation sites (tertiary alicyclic amines) is 1. The van der Waals surface area contributed by atoms with E-state index in [1.807, 2.05) is 0 Å². The zero-order chi connectivity index (χ0) is 28.2. The summed E-state index contributed by atoms with van der Waals surface area (Å²) in [7, 11) is 0. The van der Waals surface area contributed by atoms with Gasteiger partial charge in [-0.05, 0) is 81.5 Å². The number of hydrogen-bond donors (Lipinski definition) is 5. The van der Waals surface area contributed by atoms with Crippen LogP contribution in [0.15, 0.2) is 18.2 Å². The highest BCUT2D eigenvalue weighted by atomic mass is 35.5. The number of aromatic amines is 1. The minimum Gasteiger partial charge on any atom is -0.378 e. The topological polar surface area (TPSA) is 144 Å². The molecule has 4 aliphatic rings. The third-order valence-corrected chi connectivity index (χ3v) is 9.44. The number of H-pyrrole nitrogens is 1. The average molecular weight is 591 g/mol. The van der Waals surface area contributed by atoms with Gasteiger partial charge in [0.05, 0.1) is 11.1 Å². The van der Waals surface area contributed by atoms with E-state index in [0.29, 0.717) is 52.6 Å². The number of ketones is 1. The van der Waals surface area contributed by atoms with Gasteiger partial charge in [-0.15, -0.1) is 0 Å². The number of aliphatic hydroxyl groups excluding tert-OH is 1. The molecule has 1 aromatic carbocycles. The van der Waals surface area contributed by atoms with Crippen LogP contribution in [-0.4, -0.2) is 75.9 Å². The molecular formula is C28H33Cl2N5O5. The van der Waals surface area contributed by atoms with Gasteiger partial charge in [0.2, 0.25) is 11.7 Å². The highest BCUT2D eigenvalue weighted by Crippen LogP contribution is 2.55. The summed E-state index contributed by atoms with van der Waals surface area (Å²) in [5.41, 5.74) is 0.929. The van der Waals surface area contributed by atoms with Crippen molar-refractivity contribution in [3.05, 3.63) is 33.9 Å². The minimum atomic E-state index is -1.10. The van der Waals surface area contributed by atoms with Gasteiger partial charge in [0.25, 0.3) is 11.8 Å². The molecule has 1 spiro atoms. The van der Waals surface area contributed by atoms with Gasteiger partial charge in [-0.25, -0.2) is 0 Å². The Bertz CT molecular complexity index is 1370. The molecule has 2 aliphatic heterocycles. The number of aliphatic hydroxyl groups is 1. The Kier molecular flexibility index (Phi) is 7.31. The van der Waals surface area contributed by atoms with Gasteiger partial charge in [-0.1, -0.05) is 23.2 Å². The first-order chi connectivity index (χ1) is 19.1. The number of carbonyl (C=O) groups excluding carboxylic acids is 4. The molecule has 40 heavy (non-hydrogen) atoms. The number of rotatable bonds is 8. The number of amides is 3. The van der Waals surface area contributed by atoms with Crippen molar-refractivity contribution in [2.24, 2.45) is 11.3 Å². The first-order valence-corrected chi connectivity index (χ1v) is 14.7. The number of nitrogens with zero attached hydrogens (tertiary/aromatic N) is 1. The van der Waals surface area contributed by atoms with Crippen LogP contribution in [0.1, 0.15) is 61.9 Å². The minimum absolute atomic E-state index is 0.00702. The molecule has 10 nitrogen and oxygen atoms in total. The van der Waals surface area contributed by atoms with Crippen molar-refractivity contribution in [1.29, 1.82) is 0 Å². The van der Waals surface area contributed by atoms with Crippen molar-refractivity contribution >= 4 is 57.6 Å². The first-order valence-electron chi connectivity index (χ1n) is 14.0. The summed E-state index contributed by atoms with van der Waals surface area (Å²) in [6.45, 7) is 0.981. The summed E-state index contributed by atoms with van der Waals surface area (Å²) in [5, 5.41) is 20.3. The Hall–Kier alpha value is -2.66. The standard InChI is InChI=1S/C28H33Cl2N5O5/c29-15-10-18(30)17-12-21(33-19(17)11-15)27(40)35-8-6-28(4-5-28)13-22(35)25(38)34-20(9-14-3-7-31-24(14)37)23(36)26(39)32-16-1-2-16/h10-12,14,16,20,22,24,31,33,37H,1-9,13H2,(H,32,39)(H,34,38)/t14-,20-,22-,24?/m0/s1. The number of halogens is 2. The number of fused-ring (bicyclic) bond motifs is 1. The molecular weight excluding hydrogens is 557 g/mol. The lowest BCUT2D eigenvalue weighted by molar-refractivity contribution is -0.141. The molecule has 4 fully saturated rings. The van der Waals surface area contributed by atoms with Gasteiger partial charge in [-0.2, -0.15) is 0 Å². The summed E-state index contributed by atoms with van der Waals surface area (Å²) < 4.78 is 0. The molecule has 1 aromatic heterocycles. The summed E-state index contributed by atoms with van der Waals surface area (Å²) in [4.78, 5) is 58.1. The molecule has 0 radical (unpaired) electrons. The van der Waals surface area contributed by atoms with Crippen molar-refractivity contribution in [3.8, 4) is 0 Å². The average Bonchev–Trinajstić information content (AvgIpc) is 3.80. The zero-order valence-electron chi connectivity index (χ0n) is 22.0. The molecule has 12 heteroatoms. The predicted octanol–water partition coefficient (Wildman–Crippen LogP) is 2.51. The molecule has 1 unspecified atom stereocenters. The van der Waals surface area contributed by atoms with E-state index in [9.17, 15) is 24.3 Å². The monoisotopic (exact) mass is 589 g/mol. The molecule has 3 heterocycles. The van der Waals surface area contributed by atoms with Gasteiger partial charge in [0.1, 0.15) is 18.0 Å². The van der Waals surface area contributed by atoms with Crippen molar-refractivity contribution in [3.63, 3.8) is 0 Å². The van der Waals surface area contributed by atoms with Crippen LogP contribution in [0.4, 0.5) is 0 Å². The maximum absolute atomic E-state index is 13.8. The van der Waals surface area contributed by atoms with Gasteiger partial charge in [0.15, 0.2) is 0 Å². The predicted molar refractivity (Wildman–Crippen MR) is 149 cm³/mol. The van der Waals surface area contributed by atoms with Crippen LogP contribution in [-0.2, 0) is 14.4 Å². The van der Waals surface area contributed by atoms with Crippen LogP contribution in [0.2, 0.25) is 10.0 Å². The Morgan fingerprint density at radius 1 is 1.10 bits per heavy atom. The Balaban J connectivity index is 1.24. The number of carbonyl (C=O) groups is 4. The quantitative estimate of drug-likeness (QED) is 0.299. The molecule has 2 saturated heterocycles. The molecule has 0 bridgehead atoms. The number of piperidine rings is 1. The Morgan fingerprint density at radius 2 is 1.88 bits per heavy atom. The van der Waals surface area contributed by atoms with E-state index >= 15 is 0 Å². The van der Waals surface area contributed by atoms with E-state index in [4.69, 9.17) is 23.2 Å².